The maximum absolute atomic E-state index is 5.47. The van der Waals surface area contributed by atoms with Gasteiger partial charge in [-0.25, -0.2) is 0 Å². The van der Waals surface area contributed by atoms with Gasteiger partial charge >= 0.3 is 0 Å². The molecule has 0 saturated heterocycles. The summed E-state index contributed by atoms with van der Waals surface area (Å²) in [5.41, 5.74) is 0.964. The van der Waals surface area contributed by atoms with Crippen LogP contribution < -0.4 is 0 Å². The Morgan fingerprint density at radius 3 is 2.87 bits per heavy atom. The van der Waals surface area contributed by atoms with Gasteiger partial charge in [0, 0.05) is 27.5 Å². The summed E-state index contributed by atoms with van der Waals surface area (Å²) in [7, 11) is 0. The van der Waals surface area contributed by atoms with Gasteiger partial charge in [0.05, 0.1) is 6.54 Å². The van der Waals surface area contributed by atoms with Crippen molar-refractivity contribution in [1.29, 1.82) is 0 Å². The molecule has 0 aliphatic heterocycles. The van der Waals surface area contributed by atoms with E-state index in [1.54, 1.807) is 11.3 Å². The summed E-state index contributed by atoms with van der Waals surface area (Å²) in [6, 6.07) is 12.9. The van der Waals surface area contributed by atoms with Crippen molar-refractivity contribution >= 4 is 27.3 Å². The van der Waals surface area contributed by atoms with Crippen molar-refractivity contribution in [2.75, 3.05) is 0 Å². The van der Waals surface area contributed by atoms with Gasteiger partial charge in [-0.2, -0.15) is 4.98 Å². The maximum Gasteiger partial charge on any atom is 0.241 e. The molecule has 1 aliphatic rings. The normalized spacial score (nSPS) is 14.5. The van der Waals surface area contributed by atoms with Gasteiger partial charge in [-0.3, -0.25) is 4.90 Å². The summed E-state index contributed by atoms with van der Waals surface area (Å²) in [4.78, 5) is 8.38. The van der Waals surface area contributed by atoms with E-state index in [0.717, 1.165) is 16.6 Å². The fourth-order valence-electron chi connectivity index (χ4n) is 2.59. The molecule has 4 rings (SSSR count). The SMILES string of the molecule is Brc1cccc(-c2noc(CN(Cc3cccs3)C3CC3)n2)c1. The van der Waals surface area contributed by atoms with E-state index in [-0.39, 0.29) is 0 Å². The Morgan fingerprint density at radius 2 is 2.13 bits per heavy atom. The van der Waals surface area contributed by atoms with Crippen LogP contribution in [0.4, 0.5) is 0 Å². The van der Waals surface area contributed by atoms with Crippen molar-refractivity contribution < 1.29 is 4.52 Å². The van der Waals surface area contributed by atoms with Crippen LogP contribution in [0, 0.1) is 0 Å². The number of aromatic nitrogens is 2. The molecule has 1 fully saturated rings. The summed E-state index contributed by atoms with van der Waals surface area (Å²) < 4.78 is 6.48. The zero-order valence-corrected chi connectivity index (χ0v) is 14.9. The van der Waals surface area contributed by atoms with Crippen LogP contribution in [0.3, 0.4) is 0 Å². The third-order valence-corrected chi connectivity index (χ3v) is 5.25. The van der Waals surface area contributed by atoms with Gasteiger partial charge in [0.2, 0.25) is 11.7 Å². The molecule has 2 aromatic heterocycles. The first kappa shape index (κ1) is 15.1. The predicted octanol–water partition coefficient (Wildman–Crippen LogP) is 4.73. The molecule has 118 valence electrons. The summed E-state index contributed by atoms with van der Waals surface area (Å²) in [5, 5.41) is 6.25. The number of hydrogen-bond acceptors (Lipinski definition) is 5. The van der Waals surface area contributed by atoms with E-state index in [2.05, 4.69) is 48.5 Å². The molecule has 0 N–H and O–H groups in total. The second kappa shape index (κ2) is 6.55. The number of hydrogen-bond donors (Lipinski definition) is 0. The first-order valence-corrected chi connectivity index (χ1v) is 9.30. The second-order valence-electron chi connectivity index (χ2n) is 5.74. The summed E-state index contributed by atoms with van der Waals surface area (Å²) in [6.45, 7) is 1.67. The number of thiophene rings is 1. The van der Waals surface area contributed by atoms with Gasteiger partial charge < -0.3 is 4.52 Å². The van der Waals surface area contributed by atoms with E-state index < -0.39 is 0 Å². The van der Waals surface area contributed by atoms with Crippen molar-refractivity contribution in [3.63, 3.8) is 0 Å². The Bertz CT molecular complexity index is 783. The van der Waals surface area contributed by atoms with Crippen molar-refractivity contribution in [1.82, 2.24) is 15.0 Å². The molecule has 0 unspecified atom stereocenters. The largest absolute Gasteiger partial charge is 0.338 e. The lowest BCUT2D eigenvalue weighted by molar-refractivity contribution is 0.211. The molecular weight excluding hydrogens is 374 g/mol. The van der Waals surface area contributed by atoms with Gasteiger partial charge in [0.25, 0.3) is 0 Å². The molecule has 6 heteroatoms. The van der Waals surface area contributed by atoms with Gasteiger partial charge in [0.1, 0.15) is 0 Å². The fraction of sp³-hybridized carbons (Fsp3) is 0.294. The number of halogens is 1. The number of rotatable bonds is 6. The monoisotopic (exact) mass is 389 g/mol. The smallest absolute Gasteiger partial charge is 0.241 e. The minimum absolute atomic E-state index is 0.646. The highest BCUT2D eigenvalue weighted by molar-refractivity contribution is 9.10. The molecule has 23 heavy (non-hydrogen) atoms. The molecule has 2 heterocycles. The lowest BCUT2D eigenvalue weighted by atomic mass is 10.2. The van der Waals surface area contributed by atoms with Crippen molar-refractivity contribution in [3.05, 3.63) is 57.0 Å². The first-order chi connectivity index (χ1) is 11.3. The van der Waals surface area contributed by atoms with E-state index in [1.807, 2.05) is 24.3 Å². The Hall–Kier alpha value is -1.50. The highest BCUT2D eigenvalue weighted by Crippen LogP contribution is 2.30. The average molecular weight is 390 g/mol. The Kier molecular flexibility index (Phi) is 4.29. The Labute approximate surface area is 147 Å². The first-order valence-electron chi connectivity index (χ1n) is 7.63. The van der Waals surface area contributed by atoms with Crippen LogP contribution in [0.2, 0.25) is 0 Å². The lowest BCUT2D eigenvalue weighted by Crippen LogP contribution is -2.24. The lowest BCUT2D eigenvalue weighted by Gasteiger charge is -2.18. The zero-order chi connectivity index (χ0) is 15.6. The summed E-state index contributed by atoms with van der Waals surface area (Å²) in [6.07, 6.45) is 2.52. The topological polar surface area (TPSA) is 42.2 Å². The standard InChI is InChI=1S/C17H16BrN3OS/c18-13-4-1-3-12(9-13)17-19-16(22-20-17)11-21(14-6-7-14)10-15-5-2-8-23-15/h1-5,8-9,14H,6-7,10-11H2. The van der Waals surface area contributed by atoms with Crippen LogP contribution >= 0.6 is 27.3 Å². The minimum Gasteiger partial charge on any atom is -0.338 e. The van der Waals surface area contributed by atoms with Crippen LogP contribution in [-0.2, 0) is 13.1 Å². The van der Waals surface area contributed by atoms with Gasteiger partial charge in [-0.1, -0.05) is 39.3 Å². The van der Waals surface area contributed by atoms with Gasteiger partial charge in [-0.05, 0) is 36.4 Å². The molecule has 0 radical (unpaired) electrons. The molecule has 0 atom stereocenters. The molecule has 1 aromatic carbocycles. The zero-order valence-electron chi connectivity index (χ0n) is 12.5. The van der Waals surface area contributed by atoms with Crippen molar-refractivity contribution in [3.8, 4) is 11.4 Å². The Morgan fingerprint density at radius 1 is 1.22 bits per heavy atom. The van der Waals surface area contributed by atoms with E-state index in [0.29, 0.717) is 24.3 Å². The molecule has 3 aromatic rings. The third kappa shape index (κ3) is 3.71. The van der Waals surface area contributed by atoms with Crippen molar-refractivity contribution in [2.24, 2.45) is 0 Å². The average Bonchev–Trinajstić information content (AvgIpc) is 3.07. The molecule has 0 amide bonds. The van der Waals surface area contributed by atoms with E-state index in [9.17, 15) is 0 Å². The summed E-state index contributed by atoms with van der Waals surface area (Å²) >= 11 is 5.27. The fourth-order valence-corrected chi connectivity index (χ4v) is 3.72. The Balaban J connectivity index is 1.49. The van der Waals surface area contributed by atoms with Gasteiger partial charge in [0.15, 0.2) is 0 Å². The molecule has 1 aliphatic carbocycles. The van der Waals surface area contributed by atoms with Crippen LogP contribution in [0.15, 0.2) is 50.8 Å². The minimum atomic E-state index is 0.646. The van der Waals surface area contributed by atoms with Crippen LogP contribution in [0.1, 0.15) is 23.6 Å². The van der Waals surface area contributed by atoms with Gasteiger partial charge in [-0.15, -0.1) is 11.3 Å². The van der Waals surface area contributed by atoms with E-state index >= 15 is 0 Å². The van der Waals surface area contributed by atoms with Crippen LogP contribution in [0.5, 0.6) is 0 Å². The highest BCUT2D eigenvalue weighted by atomic mass is 79.9. The molecule has 0 bridgehead atoms. The summed E-state index contributed by atoms with van der Waals surface area (Å²) in [5.74, 6) is 1.33. The van der Waals surface area contributed by atoms with E-state index in [4.69, 9.17) is 4.52 Å². The van der Waals surface area contributed by atoms with Crippen LogP contribution in [-0.4, -0.2) is 21.1 Å². The predicted molar refractivity (Wildman–Crippen MR) is 94.0 cm³/mol. The second-order valence-corrected chi connectivity index (χ2v) is 7.69. The maximum atomic E-state index is 5.47. The van der Waals surface area contributed by atoms with Crippen molar-refractivity contribution in [2.45, 2.75) is 32.0 Å². The molecule has 4 nitrogen and oxygen atoms in total. The quantitative estimate of drug-likeness (QED) is 0.611. The molecule has 1 saturated carbocycles. The number of benzene rings is 1. The third-order valence-electron chi connectivity index (χ3n) is 3.89. The van der Waals surface area contributed by atoms with Crippen LogP contribution in [0.25, 0.3) is 11.4 Å². The molecular formula is C17H16BrN3OS. The number of nitrogens with zero attached hydrogens (tertiary/aromatic N) is 3. The van der Waals surface area contributed by atoms with E-state index in [1.165, 1.54) is 17.7 Å². The molecule has 0 spiro atoms. The highest BCUT2D eigenvalue weighted by Gasteiger charge is 2.30.